The molecule has 1 unspecified atom stereocenters. The minimum absolute atomic E-state index is 0.134. The summed E-state index contributed by atoms with van der Waals surface area (Å²) >= 11 is 0. The van der Waals surface area contributed by atoms with Crippen molar-refractivity contribution < 1.29 is 13.2 Å². The highest BCUT2D eigenvalue weighted by Crippen LogP contribution is 2.25. The number of rotatable bonds is 3. The van der Waals surface area contributed by atoms with E-state index in [1.807, 2.05) is 11.9 Å². The van der Waals surface area contributed by atoms with Gasteiger partial charge in [0.15, 0.2) is 0 Å². The molecule has 21 heavy (non-hydrogen) atoms. The maximum Gasteiger partial charge on any atom is 0.227 e. The van der Waals surface area contributed by atoms with Crippen LogP contribution in [0.4, 0.5) is 0 Å². The molecule has 1 heterocycles. The van der Waals surface area contributed by atoms with E-state index in [-0.39, 0.29) is 11.8 Å². The summed E-state index contributed by atoms with van der Waals surface area (Å²) in [5.41, 5.74) is 0. The lowest BCUT2D eigenvalue weighted by molar-refractivity contribution is -0.137. The molecule has 6 heteroatoms. The van der Waals surface area contributed by atoms with Crippen LogP contribution in [0, 0.1) is 5.92 Å². The second kappa shape index (κ2) is 7.09. The Bertz CT molecular complexity index is 456. The van der Waals surface area contributed by atoms with E-state index in [1.165, 1.54) is 36.2 Å². The normalized spacial score (nSPS) is 26.3. The molecule has 1 aliphatic carbocycles. The van der Waals surface area contributed by atoms with E-state index < -0.39 is 10.0 Å². The fourth-order valence-corrected chi connectivity index (χ4v) is 4.47. The first-order valence-corrected chi connectivity index (χ1v) is 9.96. The molecule has 0 aromatic carbocycles. The lowest BCUT2D eigenvalue weighted by Gasteiger charge is -2.35. The van der Waals surface area contributed by atoms with Gasteiger partial charge in [-0.1, -0.05) is 25.7 Å². The summed E-state index contributed by atoms with van der Waals surface area (Å²) in [4.78, 5) is 14.6. The number of amides is 1. The topological polar surface area (TPSA) is 57.7 Å². The molecule has 1 amide bonds. The zero-order valence-corrected chi connectivity index (χ0v) is 14.1. The Kier molecular flexibility index (Phi) is 5.66. The predicted octanol–water partition coefficient (Wildman–Crippen LogP) is 1.84. The monoisotopic (exact) mass is 316 g/mol. The number of hydrogen-bond donors (Lipinski definition) is 0. The highest BCUT2D eigenvalue weighted by atomic mass is 32.2. The molecular formula is C15H28N2O3S. The standard InChI is InChI=1S/C15H28N2O3S/c1-16(14-9-5-3-4-6-10-14)15(18)13-8-7-11-17(12-13)21(2,19)20/h13-14H,3-12H2,1-2H3. The van der Waals surface area contributed by atoms with Gasteiger partial charge in [0.05, 0.1) is 12.2 Å². The van der Waals surface area contributed by atoms with Crippen molar-refractivity contribution in [2.24, 2.45) is 5.92 Å². The molecule has 5 nitrogen and oxygen atoms in total. The van der Waals surface area contributed by atoms with Crippen molar-refractivity contribution in [2.45, 2.75) is 57.4 Å². The zero-order chi connectivity index (χ0) is 15.5. The van der Waals surface area contributed by atoms with E-state index in [2.05, 4.69) is 0 Å². The lowest BCUT2D eigenvalue weighted by Crippen LogP contribution is -2.47. The van der Waals surface area contributed by atoms with Gasteiger partial charge in [0, 0.05) is 26.2 Å². The summed E-state index contributed by atoms with van der Waals surface area (Å²) in [6.45, 7) is 0.907. The van der Waals surface area contributed by atoms with Crippen LogP contribution in [0.3, 0.4) is 0 Å². The van der Waals surface area contributed by atoms with Crippen LogP contribution in [0.2, 0.25) is 0 Å². The Labute approximate surface area is 128 Å². The van der Waals surface area contributed by atoms with Gasteiger partial charge >= 0.3 is 0 Å². The third kappa shape index (κ3) is 4.42. The minimum atomic E-state index is -3.19. The fourth-order valence-electron chi connectivity index (χ4n) is 3.56. The first-order chi connectivity index (χ1) is 9.89. The maximum atomic E-state index is 12.7. The summed E-state index contributed by atoms with van der Waals surface area (Å²) < 4.78 is 24.8. The second-order valence-electron chi connectivity index (χ2n) is 6.55. The molecule has 0 spiro atoms. The molecule has 122 valence electrons. The molecule has 2 aliphatic rings. The maximum absolute atomic E-state index is 12.7. The van der Waals surface area contributed by atoms with Crippen molar-refractivity contribution >= 4 is 15.9 Å². The quantitative estimate of drug-likeness (QED) is 0.747. The summed E-state index contributed by atoms with van der Waals surface area (Å²) in [5.74, 6) is -0.0306. The van der Waals surface area contributed by atoms with Crippen molar-refractivity contribution in [3.05, 3.63) is 0 Å². The van der Waals surface area contributed by atoms with Crippen molar-refractivity contribution in [1.82, 2.24) is 9.21 Å². The third-order valence-corrected chi connectivity index (χ3v) is 6.19. The predicted molar refractivity (Wildman–Crippen MR) is 83.4 cm³/mol. The zero-order valence-electron chi connectivity index (χ0n) is 13.3. The van der Waals surface area contributed by atoms with Crippen LogP contribution in [0.5, 0.6) is 0 Å². The van der Waals surface area contributed by atoms with Gasteiger partial charge in [-0.05, 0) is 25.7 Å². The van der Waals surface area contributed by atoms with E-state index in [1.54, 1.807) is 0 Å². The lowest BCUT2D eigenvalue weighted by atomic mass is 9.96. The highest BCUT2D eigenvalue weighted by Gasteiger charge is 2.33. The van der Waals surface area contributed by atoms with Gasteiger partial charge < -0.3 is 4.90 Å². The molecule has 2 fully saturated rings. The summed E-state index contributed by atoms with van der Waals surface area (Å²) in [5, 5.41) is 0. The molecule has 1 aliphatic heterocycles. The average molecular weight is 316 g/mol. The Morgan fingerprint density at radius 2 is 1.67 bits per heavy atom. The Balaban J connectivity index is 1.98. The molecule has 2 rings (SSSR count). The average Bonchev–Trinajstić information content (AvgIpc) is 2.74. The van der Waals surface area contributed by atoms with Gasteiger partial charge in [0.25, 0.3) is 0 Å². The number of sulfonamides is 1. The van der Waals surface area contributed by atoms with E-state index in [4.69, 9.17) is 0 Å². The van der Waals surface area contributed by atoms with Crippen LogP contribution >= 0.6 is 0 Å². The first-order valence-electron chi connectivity index (χ1n) is 8.11. The molecular weight excluding hydrogens is 288 g/mol. The van der Waals surface area contributed by atoms with Gasteiger partial charge in [-0.25, -0.2) is 12.7 Å². The number of hydrogen-bond acceptors (Lipinski definition) is 3. The molecule has 1 atom stereocenters. The number of carbonyl (C=O) groups is 1. The molecule has 0 radical (unpaired) electrons. The molecule has 0 N–H and O–H groups in total. The Morgan fingerprint density at radius 3 is 2.24 bits per heavy atom. The SMILES string of the molecule is CN(C(=O)C1CCCN(S(C)(=O)=O)C1)C1CCCCCC1. The van der Waals surface area contributed by atoms with Crippen molar-refractivity contribution in [1.29, 1.82) is 0 Å². The highest BCUT2D eigenvalue weighted by molar-refractivity contribution is 7.88. The van der Waals surface area contributed by atoms with Crippen LogP contribution < -0.4 is 0 Å². The van der Waals surface area contributed by atoms with E-state index in [9.17, 15) is 13.2 Å². The van der Waals surface area contributed by atoms with Gasteiger partial charge in [-0.3, -0.25) is 4.79 Å². The molecule has 1 saturated carbocycles. The first kappa shape index (κ1) is 16.7. The van der Waals surface area contributed by atoms with Crippen LogP contribution in [0.15, 0.2) is 0 Å². The number of carbonyl (C=O) groups excluding carboxylic acids is 1. The van der Waals surface area contributed by atoms with Gasteiger partial charge in [0.2, 0.25) is 15.9 Å². The van der Waals surface area contributed by atoms with Crippen LogP contribution in [0.1, 0.15) is 51.4 Å². The van der Waals surface area contributed by atoms with E-state index >= 15 is 0 Å². The van der Waals surface area contributed by atoms with Crippen molar-refractivity contribution in [3.8, 4) is 0 Å². The summed E-state index contributed by atoms with van der Waals surface area (Å²) in [6.07, 6.45) is 9.92. The number of piperidine rings is 1. The van der Waals surface area contributed by atoms with Crippen molar-refractivity contribution in [2.75, 3.05) is 26.4 Å². The molecule has 0 aromatic heterocycles. The van der Waals surface area contributed by atoms with Gasteiger partial charge in [-0.2, -0.15) is 0 Å². The van der Waals surface area contributed by atoms with E-state index in [0.717, 1.165) is 25.7 Å². The van der Waals surface area contributed by atoms with Crippen LogP contribution in [-0.4, -0.2) is 56.0 Å². The molecule has 1 saturated heterocycles. The second-order valence-corrected chi connectivity index (χ2v) is 8.54. The third-order valence-electron chi connectivity index (χ3n) is 4.92. The van der Waals surface area contributed by atoms with Crippen LogP contribution in [0.25, 0.3) is 0 Å². The molecule has 0 bridgehead atoms. The largest absolute Gasteiger partial charge is 0.342 e. The van der Waals surface area contributed by atoms with Crippen LogP contribution in [-0.2, 0) is 14.8 Å². The van der Waals surface area contributed by atoms with E-state index in [0.29, 0.717) is 19.1 Å². The summed E-state index contributed by atoms with van der Waals surface area (Å²) in [6, 6.07) is 0.341. The minimum Gasteiger partial charge on any atom is -0.342 e. The summed E-state index contributed by atoms with van der Waals surface area (Å²) in [7, 11) is -1.29. The van der Waals surface area contributed by atoms with Gasteiger partial charge in [0.1, 0.15) is 0 Å². The smallest absolute Gasteiger partial charge is 0.227 e. The Morgan fingerprint density at radius 1 is 1.05 bits per heavy atom. The molecule has 0 aromatic rings. The Hall–Kier alpha value is -0.620. The fraction of sp³-hybridized carbons (Fsp3) is 0.933. The van der Waals surface area contributed by atoms with Gasteiger partial charge in [-0.15, -0.1) is 0 Å². The van der Waals surface area contributed by atoms with Crippen molar-refractivity contribution in [3.63, 3.8) is 0 Å². The number of nitrogens with zero attached hydrogens (tertiary/aromatic N) is 2.